The molecular formula is C11H15BrN2O2. The minimum atomic E-state index is -0.485. The number of carbonyl (C=O) groups is 1. The molecule has 0 aliphatic rings. The summed E-state index contributed by atoms with van der Waals surface area (Å²) in [5, 5.41) is 0. The lowest BCUT2D eigenvalue weighted by molar-refractivity contribution is -0.119. The van der Waals surface area contributed by atoms with E-state index in [0.29, 0.717) is 18.7 Å². The Labute approximate surface area is 103 Å². The molecule has 1 aromatic rings. The van der Waals surface area contributed by atoms with Crippen molar-refractivity contribution < 1.29 is 9.53 Å². The maximum Gasteiger partial charge on any atom is 0.255 e. The molecule has 0 unspecified atom stereocenters. The molecule has 0 spiro atoms. The lowest BCUT2D eigenvalue weighted by atomic mass is 10.1. The molecule has 0 heterocycles. The minimum Gasteiger partial charge on any atom is -0.483 e. The summed E-state index contributed by atoms with van der Waals surface area (Å²) in [4.78, 5) is 10.7. The zero-order chi connectivity index (χ0) is 12.1. The second kappa shape index (κ2) is 5.86. The summed E-state index contributed by atoms with van der Waals surface area (Å²) in [6, 6.07) is 3.87. The van der Waals surface area contributed by atoms with Crippen molar-refractivity contribution in [3.63, 3.8) is 0 Å². The van der Waals surface area contributed by atoms with Gasteiger partial charge in [0.05, 0.1) is 0 Å². The highest BCUT2D eigenvalue weighted by Gasteiger charge is 2.09. The Kier molecular flexibility index (Phi) is 4.76. The molecule has 1 amide bonds. The van der Waals surface area contributed by atoms with Crippen molar-refractivity contribution in [3.05, 3.63) is 27.7 Å². The molecular weight excluding hydrogens is 272 g/mol. The van der Waals surface area contributed by atoms with Gasteiger partial charge in [-0.2, -0.15) is 0 Å². The summed E-state index contributed by atoms with van der Waals surface area (Å²) in [6.07, 6.45) is 0.703. The summed E-state index contributed by atoms with van der Waals surface area (Å²) < 4.78 is 6.36. The normalized spacial score (nSPS) is 10.2. The first-order valence-electron chi connectivity index (χ1n) is 4.94. The zero-order valence-electron chi connectivity index (χ0n) is 9.13. The molecule has 0 aliphatic heterocycles. The number of ether oxygens (including phenoxy) is 1. The highest BCUT2D eigenvalue weighted by molar-refractivity contribution is 9.10. The van der Waals surface area contributed by atoms with Gasteiger partial charge in [-0.15, -0.1) is 0 Å². The van der Waals surface area contributed by atoms with Gasteiger partial charge in [0.2, 0.25) is 0 Å². The molecule has 0 fully saturated rings. The van der Waals surface area contributed by atoms with E-state index in [4.69, 9.17) is 16.2 Å². The maximum atomic E-state index is 10.7. The number of hydrogen-bond acceptors (Lipinski definition) is 3. The molecule has 0 atom stereocenters. The van der Waals surface area contributed by atoms with E-state index in [9.17, 15) is 4.79 Å². The van der Waals surface area contributed by atoms with Crippen LogP contribution in [0.15, 0.2) is 16.6 Å². The van der Waals surface area contributed by atoms with Crippen molar-refractivity contribution >= 4 is 21.8 Å². The van der Waals surface area contributed by atoms with Gasteiger partial charge in [-0.3, -0.25) is 4.79 Å². The third-order valence-corrected chi connectivity index (χ3v) is 2.55. The number of primary amides is 1. The third-order valence-electron chi connectivity index (χ3n) is 2.09. The number of amides is 1. The highest BCUT2D eigenvalue weighted by Crippen LogP contribution is 2.28. The lowest BCUT2D eigenvalue weighted by Crippen LogP contribution is -2.21. The predicted octanol–water partition coefficient (Wildman–Crippen LogP) is 1.12. The maximum absolute atomic E-state index is 10.7. The van der Waals surface area contributed by atoms with Crippen LogP contribution in [0.4, 0.5) is 0 Å². The average Bonchev–Trinajstić information content (AvgIpc) is 2.16. The van der Waals surface area contributed by atoms with Crippen LogP contribution in [-0.2, 0) is 11.2 Å². The van der Waals surface area contributed by atoms with Crippen LogP contribution < -0.4 is 16.2 Å². The molecule has 0 bridgehead atoms. The highest BCUT2D eigenvalue weighted by atomic mass is 79.9. The minimum absolute atomic E-state index is 0.111. The van der Waals surface area contributed by atoms with E-state index in [-0.39, 0.29) is 6.61 Å². The third kappa shape index (κ3) is 3.50. The molecule has 0 saturated carbocycles. The molecule has 4 N–H and O–H groups in total. The summed E-state index contributed by atoms with van der Waals surface area (Å²) in [5.41, 5.74) is 12.5. The van der Waals surface area contributed by atoms with Crippen LogP contribution >= 0.6 is 15.9 Å². The SMILES string of the molecule is Cc1cc(Br)cc(CCN)c1OCC(N)=O. The number of nitrogens with two attached hydrogens (primary N) is 2. The summed E-state index contributed by atoms with van der Waals surface area (Å²) >= 11 is 3.41. The van der Waals surface area contributed by atoms with E-state index >= 15 is 0 Å². The van der Waals surface area contributed by atoms with Crippen LogP contribution in [-0.4, -0.2) is 19.1 Å². The van der Waals surface area contributed by atoms with Crippen molar-refractivity contribution in [1.29, 1.82) is 0 Å². The van der Waals surface area contributed by atoms with Gasteiger partial charge in [-0.1, -0.05) is 15.9 Å². The van der Waals surface area contributed by atoms with Crippen molar-refractivity contribution in [2.24, 2.45) is 11.5 Å². The average molecular weight is 287 g/mol. The number of rotatable bonds is 5. The van der Waals surface area contributed by atoms with Gasteiger partial charge in [0, 0.05) is 4.47 Å². The first kappa shape index (κ1) is 13.0. The molecule has 5 heteroatoms. The van der Waals surface area contributed by atoms with Gasteiger partial charge in [0.15, 0.2) is 6.61 Å². The fourth-order valence-electron chi connectivity index (χ4n) is 1.49. The fourth-order valence-corrected chi connectivity index (χ4v) is 2.11. The van der Waals surface area contributed by atoms with Gasteiger partial charge in [0.25, 0.3) is 5.91 Å². The number of benzene rings is 1. The largest absolute Gasteiger partial charge is 0.483 e. The number of halogens is 1. The Morgan fingerprint density at radius 1 is 1.50 bits per heavy atom. The topological polar surface area (TPSA) is 78.3 Å². The Hall–Kier alpha value is -1.07. The number of hydrogen-bond donors (Lipinski definition) is 2. The monoisotopic (exact) mass is 286 g/mol. The van der Waals surface area contributed by atoms with Crippen molar-refractivity contribution in [2.45, 2.75) is 13.3 Å². The summed E-state index contributed by atoms with van der Waals surface area (Å²) in [6.45, 7) is 2.34. The molecule has 0 saturated heterocycles. The Balaban J connectivity index is 2.98. The van der Waals surface area contributed by atoms with Crippen LogP contribution in [0, 0.1) is 6.92 Å². The Bertz CT molecular complexity index is 394. The first-order valence-corrected chi connectivity index (χ1v) is 5.74. The molecule has 0 aromatic heterocycles. The fraction of sp³-hybridized carbons (Fsp3) is 0.364. The van der Waals surface area contributed by atoms with Crippen molar-refractivity contribution in [2.75, 3.05) is 13.2 Å². The first-order chi connectivity index (χ1) is 7.54. The summed E-state index contributed by atoms with van der Waals surface area (Å²) in [5.74, 6) is 0.216. The zero-order valence-corrected chi connectivity index (χ0v) is 10.7. The molecule has 1 aromatic carbocycles. The summed E-state index contributed by atoms with van der Waals surface area (Å²) in [7, 11) is 0. The van der Waals surface area contributed by atoms with Crippen LogP contribution in [0.2, 0.25) is 0 Å². The second-order valence-electron chi connectivity index (χ2n) is 3.50. The number of carbonyl (C=O) groups excluding carboxylic acids is 1. The van der Waals surface area contributed by atoms with Gasteiger partial charge in [0.1, 0.15) is 5.75 Å². The van der Waals surface area contributed by atoms with Crippen LogP contribution in [0.5, 0.6) is 5.75 Å². The van der Waals surface area contributed by atoms with Gasteiger partial charge >= 0.3 is 0 Å². The second-order valence-corrected chi connectivity index (χ2v) is 4.42. The van der Waals surface area contributed by atoms with E-state index in [1.54, 1.807) is 0 Å². The lowest BCUT2D eigenvalue weighted by Gasteiger charge is -2.13. The Morgan fingerprint density at radius 2 is 2.19 bits per heavy atom. The predicted molar refractivity (Wildman–Crippen MR) is 66.3 cm³/mol. The molecule has 88 valence electrons. The van der Waals surface area contributed by atoms with E-state index in [1.165, 1.54) is 0 Å². The standard InChI is InChI=1S/C11H15BrN2O2/c1-7-4-9(12)5-8(2-3-13)11(7)16-6-10(14)15/h4-5H,2-3,6,13H2,1H3,(H2,14,15). The van der Waals surface area contributed by atoms with Crippen molar-refractivity contribution in [1.82, 2.24) is 0 Å². The Morgan fingerprint density at radius 3 is 2.75 bits per heavy atom. The molecule has 16 heavy (non-hydrogen) atoms. The quantitative estimate of drug-likeness (QED) is 0.852. The van der Waals surface area contributed by atoms with E-state index in [1.807, 2.05) is 19.1 Å². The molecule has 0 radical (unpaired) electrons. The van der Waals surface area contributed by atoms with Crippen LogP contribution in [0.3, 0.4) is 0 Å². The van der Waals surface area contributed by atoms with Crippen molar-refractivity contribution in [3.8, 4) is 5.75 Å². The van der Waals surface area contributed by atoms with E-state index < -0.39 is 5.91 Å². The molecule has 1 rings (SSSR count). The van der Waals surface area contributed by atoms with E-state index in [2.05, 4.69) is 15.9 Å². The number of aryl methyl sites for hydroxylation is 1. The van der Waals surface area contributed by atoms with Gasteiger partial charge < -0.3 is 16.2 Å². The van der Waals surface area contributed by atoms with E-state index in [0.717, 1.165) is 15.6 Å². The molecule has 0 aliphatic carbocycles. The van der Waals surface area contributed by atoms with Crippen LogP contribution in [0.25, 0.3) is 0 Å². The molecule has 4 nitrogen and oxygen atoms in total. The van der Waals surface area contributed by atoms with Gasteiger partial charge in [-0.25, -0.2) is 0 Å². The smallest absolute Gasteiger partial charge is 0.255 e. The van der Waals surface area contributed by atoms with Crippen LogP contribution in [0.1, 0.15) is 11.1 Å². The van der Waals surface area contributed by atoms with Gasteiger partial charge in [-0.05, 0) is 43.1 Å².